The predicted molar refractivity (Wildman–Crippen MR) is 106 cm³/mol. The zero-order valence-corrected chi connectivity index (χ0v) is 16.5. The molecule has 0 spiro atoms. The Kier molecular flexibility index (Phi) is 6.99. The molecule has 5 nitrogen and oxygen atoms in total. The summed E-state index contributed by atoms with van der Waals surface area (Å²) in [4.78, 5) is 24.2. The van der Waals surface area contributed by atoms with Crippen molar-refractivity contribution in [2.45, 2.75) is 52.7 Å². The van der Waals surface area contributed by atoms with E-state index in [1.807, 2.05) is 24.3 Å². The van der Waals surface area contributed by atoms with Crippen LogP contribution in [-0.2, 0) is 9.53 Å². The number of anilines is 1. The van der Waals surface area contributed by atoms with Gasteiger partial charge in [-0.05, 0) is 68.7 Å². The molecule has 0 aliphatic rings. The molecule has 2 aromatic rings. The minimum absolute atomic E-state index is 0.176. The molecular weight excluding hydrogens is 342 g/mol. The first-order valence-corrected chi connectivity index (χ1v) is 9.14. The first-order valence-electron chi connectivity index (χ1n) is 9.14. The number of rotatable bonds is 7. The van der Waals surface area contributed by atoms with Gasteiger partial charge in [0.15, 0.2) is 6.10 Å². The number of amides is 1. The molecule has 1 N–H and O–H groups in total. The first-order chi connectivity index (χ1) is 12.8. The van der Waals surface area contributed by atoms with E-state index in [4.69, 9.17) is 9.47 Å². The maximum atomic E-state index is 12.3. The molecule has 0 radical (unpaired) electrons. The van der Waals surface area contributed by atoms with Gasteiger partial charge in [0.2, 0.25) is 0 Å². The fourth-order valence-corrected chi connectivity index (χ4v) is 2.40. The minimum atomic E-state index is -0.652. The Bertz CT molecular complexity index is 764. The van der Waals surface area contributed by atoms with E-state index < -0.39 is 6.10 Å². The fourth-order valence-electron chi connectivity index (χ4n) is 2.40. The maximum absolute atomic E-state index is 12.3. The van der Waals surface area contributed by atoms with Gasteiger partial charge < -0.3 is 14.8 Å². The van der Waals surface area contributed by atoms with Crippen LogP contribution in [0.15, 0.2) is 48.5 Å². The van der Waals surface area contributed by atoms with Crippen molar-refractivity contribution in [1.82, 2.24) is 0 Å². The maximum Gasteiger partial charge on any atom is 0.338 e. The van der Waals surface area contributed by atoms with Crippen LogP contribution < -0.4 is 10.1 Å². The Morgan fingerprint density at radius 1 is 0.852 bits per heavy atom. The molecule has 1 unspecified atom stereocenters. The molecule has 2 aromatic carbocycles. The number of carbonyl (C=O) groups excluding carboxylic acids is 2. The largest absolute Gasteiger partial charge is 0.481 e. The number of benzene rings is 2. The zero-order valence-electron chi connectivity index (χ0n) is 16.5. The predicted octanol–water partition coefficient (Wildman–Crippen LogP) is 4.78. The van der Waals surface area contributed by atoms with Crippen molar-refractivity contribution in [3.05, 3.63) is 59.7 Å². The normalized spacial score (nSPS) is 12.0. The van der Waals surface area contributed by atoms with Gasteiger partial charge in [0.1, 0.15) is 5.75 Å². The average Bonchev–Trinajstić information content (AvgIpc) is 2.62. The van der Waals surface area contributed by atoms with Gasteiger partial charge in [0.25, 0.3) is 5.91 Å². The van der Waals surface area contributed by atoms with Crippen LogP contribution in [0.25, 0.3) is 0 Å². The molecule has 5 heteroatoms. The Hall–Kier alpha value is -2.82. The smallest absolute Gasteiger partial charge is 0.338 e. The molecule has 2 rings (SSSR count). The van der Waals surface area contributed by atoms with E-state index in [0.717, 1.165) is 0 Å². The molecule has 0 fully saturated rings. The first kappa shape index (κ1) is 20.5. The molecule has 0 heterocycles. The lowest BCUT2D eigenvalue weighted by Gasteiger charge is -2.15. The highest BCUT2D eigenvalue weighted by Crippen LogP contribution is 2.20. The molecule has 144 valence electrons. The summed E-state index contributed by atoms with van der Waals surface area (Å²) in [5.41, 5.74) is 2.25. The summed E-state index contributed by atoms with van der Waals surface area (Å²) < 4.78 is 10.8. The third kappa shape index (κ3) is 6.13. The lowest BCUT2D eigenvalue weighted by molar-refractivity contribution is -0.122. The molecule has 0 aliphatic carbocycles. The van der Waals surface area contributed by atoms with E-state index in [-0.39, 0.29) is 18.0 Å². The van der Waals surface area contributed by atoms with Crippen LogP contribution in [0.3, 0.4) is 0 Å². The van der Waals surface area contributed by atoms with Gasteiger partial charge in [-0.1, -0.05) is 26.0 Å². The number of hydrogen-bond acceptors (Lipinski definition) is 4. The van der Waals surface area contributed by atoms with Gasteiger partial charge >= 0.3 is 5.97 Å². The van der Waals surface area contributed by atoms with Gasteiger partial charge in [-0.15, -0.1) is 0 Å². The molecule has 1 amide bonds. The lowest BCUT2D eigenvalue weighted by Crippen LogP contribution is -2.30. The summed E-state index contributed by atoms with van der Waals surface area (Å²) in [5.74, 6) is 0.444. The Morgan fingerprint density at radius 3 is 1.96 bits per heavy atom. The van der Waals surface area contributed by atoms with Gasteiger partial charge in [-0.25, -0.2) is 4.79 Å². The number of hydrogen-bond donors (Lipinski definition) is 1. The third-order valence-electron chi connectivity index (χ3n) is 3.96. The summed E-state index contributed by atoms with van der Waals surface area (Å²) in [5, 5.41) is 2.78. The molecule has 0 saturated heterocycles. The Balaban J connectivity index is 1.92. The van der Waals surface area contributed by atoms with E-state index in [1.165, 1.54) is 5.56 Å². The van der Waals surface area contributed by atoms with Crippen LogP contribution in [-0.4, -0.2) is 24.1 Å². The van der Waals surface area contributed by atoms with Crippen LogP contribution in [0.4, 0.5) is 5.69 Å². The molecular formula is C22H27NO4. The lowest BCUT2D eigenvalue weighted by atomic mass is 10.0. The summed E-state index contributed by atoms with van der Waals surface area (Å²) in [7, 11) is 0. The second-order valence-corrected chi connectivity index (χ2v) is 7.00. The summed E-state index contributed by atoms with van der Waals surface area (Å²) >= 11 is 0. The fraction of sp³-hybridized carbons (Fsp3) is 0.364. The second kappa shape index (κ2) is 9.21. The molecule has 0 aromatic heterocycles. The van der Waals surface area contributed by atoms with E-state index >= 15 is 0 Å². The van der Waals surface area contributed by atoms with Crippen LogP contribution in [0.1, 0.15) is 56.5 Å². The standard InChI is InChI=1S/C22H27NO4/c1-14(2)17-8-12-20(13-9-17)27-16(5)21(24)23-19-10-6-18(7-11-19)22(25)26-15(3)4/h6-16H,1-5H3,(H,23,24). The zero-order chi connectivity index (χ0) is 20.0. The van der Waals surface area contributed by atoms with Crippen molar-refractivity contribution in [1.29, 1.82) is 0 Å². The van der Waals surface area contributed by atoms with Gasteiger partial charge in [-0.2, -0.15) is 0 Å². The number of carbonyl (C=O) groups is 2. The van der Waals surface area contributed by atoms with Crippen molar-refractivity contribution >= 4 is 17.6 Å². The summed E-state index contributed by atoms with van der Waals surface area (Å²) in [6.45, 7) is 9.54. The van der Waals surface area contributed by atoms with Crippen LogP contribution in [0, 0.1) is 0 Å². The number of esters is 1. The molecule has 0 aliphatic heterocycles. The Morgan fingerprint density at radius 2 is 1.44 bits per heavy atom. The SMILES string of the molecule is CC(C)OC(=O)c1ccc(NC(=O)C(C)Oc2ccc(C(C)C)cc2)cc1. The van der Waals surface area contributed by atoms with Crippen molar-refractivity contribution in [3.63, 3.8) is 0 Å². The van der Waals surface area contributed by atoms with E-state index in [2.05, 4.69) is 19.2 Å². The monoisotopic (exact) mass is 369 g/mol. The molecule has 0 saturated carbocycles. The minimum Gasteiger partial charge on any atom is -0.481 e. The number of nitrogens with one attached hydrogen (secondary N) is 1. The van der Waals surface area contributed by atoms with Gasteiger partial charge in [-0.3, -0.25) is 4.79 Å². The highest BCUT2D eigenvalue weighted by molar-refractivity contribution is 5.95. The highest BCUT2D eigenvalue weighted by Gasteiger charge is 2.16. The van der Waals surface area contributed by atoms with E-state index in [0.29, 0.717) is 22.9 Å². The number of ether oxygens (including phenoxy) is 2. The van der Waals surface area contributed by atoms with Crippen molar-refractivity contribution in [3.8, 4) is 5.75 Å². The van der Waals surface area contributed by atoms with E-state index in [9.17, 15) is 9.59 Å². The van der Waals surface area contributed by atoms with Crippen molar-refractivity contribution in [2.75, 3.05) is 5.32 Å². The van der Waals surface area contributed by atoms with E-state index in [1.54, 1.807) is 45.0 Å². The van der Waals surface area contributed by atoms with Gasteiger partial charge in [0.05, 0.1) is 11.7 Å². The molecule has 27 heavy (non-hydrogen) atoms. The molecule has 0 bridgehead atoms. The van der Waals surface area contributed by atoms with Crippen LogP contribution in [0.5, 0.6) is 5.75 Å². The topological polar surface area (TPSA) is 64.6 Å². The third-order valence-corrected chi connectivity index (χ3v) is 3.96. The summed E-state index contributed by atoms with van der Waals surface area (Å²) in [6, 6.07) is 14.3. The van der Waals surface area contributed by atoms with Crippen molar-refractivity contribution < 1.29 is 19.1 Å². The summed E-state index contributed by atoms with van der Waals surface area (Å²) in [6.07, 6.45) is -0.829. The van der Waals surface area contributed by atoms with Gasteiger partial charge in [0, 0.05) is 5.69 Å². The second-order valence-electron chi connectivity index (χ2n) is 7.00. The quantitative estimate of drug-likeness (QED) is 0.713. The molecule has 1 atom stereocenters. The van der Waals surface area contributed by atoms with Crippen LogP contribution >= 0.6 is 0 Å². The average molecular weight is 369 g/mol. The van der Waals surface area contributed by atoms with Crippen LogP contribution in [0.2, 0.25) is 0 Å². The van der Waals surface area contributed by atoms with Crippen molar-refractivity contribution in [2.24, 2.45) is 0 Å². The Labute approximate surface area is 160 Å². The highest BCUT2D eigenvalue weighted by atomic mass is 16.5.